The first-order chi connectivity index (χ1) is 23.3. The van der Waals surface area contributed by atoms with Crippen molar-refractivity contribution in [3.8, 4) is 45.6 Å². The number of hydrogen-bond donors (Lipinski definition) is 2. The van der Waals surface area contributed by atoms with Gasteiger partial charge in [-0.15, -0.1) is 0 Å². The van der Waals surface area contributed by atoms with Crippen LogP contribution in [0.2, 0.25) is 0 Å². The van der Waals surface area contributed by atoms with E-state index in [-0.39, 0.29) is 0 Å². The maximum absolute atomic E-state index is 10.2. The van der Waals surface area contributed by atoms with Gasteiger partial charge in [-0.3, -0.25) is 0 Å². The fourth-order valence-electron chi connectivity index (χ4n) is 5.66. The van der Waals surface area contributed by atoms with E-state index in [1.807, 2.05) is 97.1 Å². The molecule has 14 heteroatoms. The van der Waals surface area contributed by atoms with Gasteiger partial charge in [0.05, 0.1) is 0 Å². The van der Waals surface area contributed by atoms with Gasteiger partial charge in [-0.1, -0.05) is 97.1 Å². The Balaban J connectivity index is 0.000000377. The van der Waals surface area contributed by atoms with E-state index in [2.05, 4.69) is 13.8 Å². The van der Waals surface area contributed by atoms with Crippen LogP contribution in [-0.4, -0.2) is 66.3 Å². The molecule has 2 N–H and O–H groups in total. The van der Waals surface area contributed by atoms with E-state index in [1.165, 1.54) is 0 Å². The van der Waals surface area contributed by atoms with Crippen LogP contribution >= 0.6 is 34.8 Å². The predicted molar refractivity (Wildman–Crippen MR) is 188 cm³/mol. The Labute approximate surface area is 295 Å². The van der Waals surface area contributed by atoms with Crippen LogP contribution in [0.5, 0.6) is 0 Å². The average Bonchev–Trinajstić information content (AvgIpc) is 3.83. The smallest absolute Gasteiger partial charge is 0.164 e. The van der Waals surface area contributed by atoms with Gasteiger partial charge in [0, 0.05) is 43.8 Å². The van der Waals surface area contributed by atoms with Crippen LogP contribution in [-0.2, 0) is 8.58 Å². The van der Waals surface area contributed by atoms with E-state index >= 15 is 0 Å². The number of halogens is 3. The maximum Gasteiger partial charge on any atom is 0.164 e. The predicted octanol–water partition coefficient (Wildman–Crippen LogP) is 7.85. The summed E-state index contributed by atoms with van der Waals surface area (Å²) in [4.78, 5) is 47.0. The number of rotatable bonds is 0. The second-order valence-electron chi connectivity index (χ2n) is 10.7. The average molecular weight is 704 g/mol. The zero-order valence-corrected chi connectivity index (χ0v) is 27.9. The van der Waals surface area contributed by atoms with Crippen LogP contribution in [0.4, 0.5) is 0 Å². The molecule has 228 valence electrons. The number of carbonyl (C=O) groups excluding carboxylic acids is 1. The number of fused-ring (bicyclic) bond motifs is 20. The SMILES string of the molecule is O=C([O][Al+2])C(Cl)(Cl)Cl.c1ccc2c(c1)-c1nc-2nc2[nH]c(nc3nc(nc4[nH]c(n1)c1ccccc41)-c1ccccc1-3)c1ccccc21. The van der Waals surface area contributed by atoms with Gasteiger partial charge in [-0.05, 0) is 0 Å². The van der Waals surface area contributed by atoms with Crippen LogP contribution in [0.25, 0.3) is 89.7 Å². The molecule has 5 heterocycles. The summed E-state index contributed by atoms with van der Waals surface area (Å²) in [5, 5.41) is 3.82. The molecule has 10 nitrogen and oxygen atoms in total. The Morgan fingerprint density at radius 2 is 0.771 bits per heavy atom. The second kappa shape index (κ2) is 12.0. The molecular formula is C34H18AlCl3N8O2+2. The number of aromatic nitrogens is 8. The maximum atomic E-state index is 10.2. The number of H-pyrrole nitrogens is 2. The van der Waals surface area contributed by atoms with Gasteiger partial charge >= 0.3 is 69.8 Å². The van der Waals surface area contributed by atoms with Crippen molar-refractivity contribution < 1.29 is 8.58 Å². The molecule has 0 atom stereocenters. The molecule has 0 amide bonds. The monoisotopic (exact) mass is 702 g/mol. The van der Waals surface area contributed by atoms with Crippen molar-refractivity contribution in [2.45, 2.75) is 3.79 Å². The Hall–Kier alpha value is -4.89. The van der Waals surface area contributed by atoms with Crippen molar-refractivity contribution in [2.24, 2.45) is 0 Å². The third-order valence-electron chi connectivity index (χ3n) is 7.80. The number of nitrogens with one attached hydrogen (secondary N) is 2. The minimum atomic E-state index is -1.96. The molecule has 0 radical (unpaired) electrons. The number of aromatic amines is 2. The third kappa shape index (κ3) is 5.36. The molecular weight excluding hydrogens is 686 g/mol. The Morgan fingerprint density at radius 1 is 0.500 bits per heavy atom. The molecule has 8 bridgehead atoms. The van der Waals surface area contributed by atoms with Crippen LogP contribution in [0.1, 0.15) is 0 Å². The third-order valence-corrected chi connectivity index (χ3v) is 8.48. The first-order valence-corrected chi connectivity index (χ1v) is 16.1. The molecule has 2 aliphatic heterocycles. The van der Waals surface area contributed by atoms with E-state index in [4.69, 9.17) is 64.7 Å². The summed E-state index contributed by atoms with van der Waals surface area (Å²) in [5.74, 6) is 1.48. The molecule has 0 fully saturated rings. The molecule has 0 unspecified atom stereocenters. The second-order valence-corrected chi connectivity index (χ2v) is 13.2. The number of carbonyl (C=O) groups is 1. The zero-order valence-electron chi connectivity index (χ0n) is 24.4. The van der Waals surface area contributed by atoms with Gasteiger partial charge in [-0.2, -0.15) is 0 Å². The Bertz CT molecular complexity index is 2280. The number of nitrogens with zero attached hydrogens (tertiary/aromatic N) is 6. The molecule has 4 aromatic carbocycles. The Kier molecular flexibility index (Phi) is 7.59. The fourth-order valence-corrected chi connectivity index (χ4v) is 6.19. The van der Waals surface area contributed by atoms with Crippen molar-refractivity contribution in [2.75, 3.05) is 0 Å². The summed E-state index contributed by atoms with van der Waals surface area (Å²) in [6.45, 7) is 0. The largest absolute Gasteiger partial charge is 0.324 e. The summed E-state index contributed by atoms with van der Waals surface area (Å²) < 4.78 is 2.04. The van der Waals surface area contributed by atoms with E-state index in [0.717, 1.165) is 43.8 Å². The number of hydrogen-bond acceptors (Lipinski definition) is 8. The van der Waals surface area contributed by atoms with Gasteiger partial charge in [0.2, 0.25) is 0 Å². The summed E-state index contributed by atoms with van der Waals surface area (Å²) in [6.07, 6.45) is 0. The van der Waals surface area contributed by atoms with Crippen molar-refractivity contribution in [3.63, 3.8) is 0 Å². The minimum Gasteiger partial charge on any atom is -0.324 e. The van der Waals surface area contributed by atoms with Gasteiger partial charge in [0.15, 0.2) is 23.3 Å². The van der Waals surface area contributed by atoms with Crippen LogP contribution in [0, 0.1) is 0 Å². The van der Waals surface area contributed by atoms with E-state index in [0.29, 0.717) is 45.9 Å². The molecule has 3 aromatic heterocycles. The fraction of sp³-hybridized carbons (Fsp3) is 0.0294. The van der Waals surface area contributed by atoms with E-state index in [1.54, 1.807) is 16.6 Å². The molecule has 48 heavy (non-hydrogen) atoms. The van der Waals surface area contributed by atoms with Crippen LogP contribution in [0.15, 0.2) is 97.1 Å². The van der Waals surface area contributed by atoms with E-state index in [9.17, 15) is 4.79 Å². The van der Waals surface area contributed by atoms with Gasteiger partial charge in [0.25, 0.3) is 0 Å². The summed E-state index contributed by atoms with van der Waals surface area (Å²) >= 11 is 16.8. The number of benzene rings is 4. The normalized spacial score (nSPS) is 11.9. The molecule has 0 aliphatic carbocycles. The van der Waals surface area contributed by atoms with Gasteiger partial charge in [-0.25, -0.2) is 29.9 Å². The number of alkyl halides is 3. The molecule has 0 saturated carbocycles. The topological polar surface area (TPSA) is 135 Å². The summed E-state index contributed by atoms with van der Waals surface area (Å²) in [5.41, 5.74) is 6.45. The quantitative estimate of drug-likeness (QED) is 0.120. The molecule has 2 aliphatic rings. The van der Waals surface area contributed by atoms with Crippen LogP contribution in [0.3, 0.4) is 0 Å². The first kappa shape index (κ1) is 30.4. The minimum absolute atomic E-state index is 0.597. The van der Waals surface area contributed by atoms with Gasteiger partial charge < -0.3 is 9.97 Å². The molecule has 9 rings (SSSR count). The van der Waals surface area contributed by atoms with Gasteiger partial charge in [0.1, 0.15) is 22.6 Å². The summed E-state index contributed by atoms with van der Waals surface area (Å²) in [6, 6.07) is 32.2. The van der Waals surface area contributed by atoms with Crippen molar-refractivity contribution in [1.82, 2.24) is 39.9 Å². The standard InChI is InChI=1S/C32H18N8.C2HCl3O2.Al/c1-2-10-18-17(9-1)25-33-26(18)38-28-21-13-5-6-14-22(21)30(35-28)40-32-24-16-8-7-15-23(24)31(36-32)39-29-20-12-4-3-11-19(20)27(34-29)37-25;3-2(4,5)1(6)7;/h1-16H,(H2,33,34,35,36,37,38,39,40);(H,6,7);/q;;+3/p-1. The van der Waals surface area contributed by atoms with E-state index < -0.39 is 9.76 Å². The molecule has 7 aromatic rings. The molecule has 0 saturated heterocycles. The summed E-state index contributed by atoms with van der Waals surface area (Å²) in [7, 11) is 0. The van der Waals surface area contributed by atoms with Crippen molar-refractivity contribution in [1.29, 1.82) is 0 Å². The Morgan fingerprint density at radius 3 is 1.00 bits per heavy atom. The zero-order chi connectivity index (χ0) is 33.0. The van der Waals surface area contributed by atoms with Crippen LogP contribution < -0.4 is 0 Å². The van der Waals surface area contributed by atoms with Crippen molar-refractivity contribution in [3.05, 3.63) is 97.1 Å². The first-order valence-electron chi connectivity index (χ1n) is 14.5. The molecule has 0 spiro atoms. The van der Waals surface area contributed by atoms with Crippen molar-refractivity contribution >= 4 is 102 Å².